The molecule has 0 saturated carbocycles. The standard InChI is InChI=1S/C33H24ClN3O7S/c1-42-27-14-10-20(15-28(27)43-2)26(38)18-44-33(41)19-7-11-22(12-8-19)37-30(39)16-29(32(37)40)45-31-21(17-35)9-13-25(36-31)23-5-3-4-6-24(23)34/h3-15,29H,16,18H2,1-2H3. The molecule has 0 spiro atoms. The van der Waals surface area contributed by atoms with Crippen LogP contribution in [0.5, 0.6) is 11.5 Å². The van der Waals surface area contributed by atoms with Crippen molar-refractivity contribution in [2.75, 3.05) is 25.7 Å². The second-order valence-corrected chi connectivity index (χ2v) is 11.2. The molecule has 0 N–H and O–H groups in total. The highest BCUT2D eigenvalue weighted by molar-refractivity contribution is 8.00. The minimum Gasteiger partial charge on any atom is -0.493 e. The summed E-state index contributed by atoms with van der Waals surface area (Å²) >= 11 is 7.36. The Bertz CT molecular complexity index is 1860. The molecule has 4 aromatic rings. The first-order valence-corrected chi connectivity index (χ1v) is 14.7. The SMILES string of the molecule is COc1ccc(C(=O)COC(=O)c2ccc(N3C(=O)CC(Sc4nc(-c5ccccc5Cl)ccc4C#N)C3=O)cc2)cc1OC. The smallest absolute Gasteiger partial charge is 0.338 e. The number of rotatable bonds is 10. The topological polar surface area (TPSA) is 136 Å². The summed E-state index contributed by atoms with van der Waals surface area (Å²) in [5.41, 5.74) is 2.14. The van der Waals surface area contributed by atoms with Crippen molar-refractivity contribution in [3.63, 3.8) is 0 Å². The molecular formula is C33H24ClN3O7S. The van der Waals surface area contributed by atoms with E-state index < -0.39 is 35.4 Å². The van der Waals surface area contributed by atoms with Gasteiger partial charge in [0.15, 0.2) is 23.9 Å². The first-order valence-electron chi connectivity index (χ1n) is 13.5. The van der Waals surface area contributed by atoms with Crippen molar-refractivity contribution in [2.45, 2.75) is 16.7 Å². The van der Waals surface area contributed by atoms with E-state index in [0.29, 0.717) is 32.8 Å². The lowest BCUT2D eigenvalue weighted by Gasteiger charge is -2.15. The van der Waals surface area contributed by atoms with E-state index in [-0.39, 0.29) is 28.8 Å². The van der Waals surface area contributed by atoms with Gasteiger partial charge in [-0.05, 0) is 60.7 Å². The highest BCUT2D eigenvalue weighted by Crippen LogP contribution is 2.36. The van der Waals surface area contributed by atoms with Gasteiger partial charge in [0.25, 0.3) is 0 Å². The van der Waals surface area contributed by atoms with Crippen LogP contribution in [0.2, 0.25) is 5.02 Å². The monoisotopic (exact) mass is 641 g/mol. The number of benzene rings is 3. The fourth-order valence-corrected chi connectivity index (χ4v) is 5.92. The summed E-state index contributed by atoms with van der Waals surface area (Å²) in [6.45, 7) is -0.505. The lowest BCUT2D eigenvalue weighted by atomic mass is 10.1. The molecule has 3 aromatic carbocycles. The van der Waals surface area contributed by atoms with Crippen molar-refractivity contribution in [3.8, 4) is 28.8 Å². The molecule has 10 nitrogen and oxygen atoms in total. The van der Waals surface area contributed by atoms with Gasteiger partial charge in [-0.2, -0.15) is 5.26 Å². The van der Waals surface area contributed by atoms with E-state index in [2.05, 4.69) is 11.1 Å². The molecule has 226 valence electrons. The van der Waals surface area contributed by atoms with E-state index in [9.17, 15) is 24.4 Å². The third kappa shape index (κ3) is 6.67. The van der Waals surface area contributed by atoms with Crippen LogP contribution in [0, 0.1) is 11.3 Å². The zero-order chi connectivity index (χ0) is 32.1. The fourth-order valence-electron chi connectivity index (χ4n) is 4.59. The maximum Gasteiger partial charge on any atom is 0.338 e. The Hall–Kier alpha value is -5.18. The lowest BCUT2D eigenvalue weighted by Crippen LogP contribution is -2.31. The highest BCUT2D eigenvalue weighted by Gasteiger charge is 2.41. The van der Waals surface area contributed by atoms with Crippen LogP contribution in [-0.4, -0.2) is 54.6 Å². The number of carbonyl (C=O) groups excluding carboxylic acids is 4. The molecule has 12 heteroatoms. The van der Waals surface area contributed by atoms with Crippen LogP contribution >= 0.6 is 23.4 Å². The molecule has 0 bridgehead atoms. The predicted molar refractivity (Wildman–Crippen MR) is 167 cm³/mol. The number of aromatic nitrogens is 1. The number of amides is 2. The molecule has 1 aromatic heterocycles. The van der Waals surface area contributed by atoms with Gasteiger partial charge in [-0.3, -0.25) is 14.4 Å². The Morgan fingerprint density at radius 3 is 2.38 bits per heavy atom. The largest absolute Gasteiger partial charge is 0.493 e. The van der Waals surface area contributed by atoms with Crippen LogP contribution in [-0.2, 0) is 14.3 Å². The summed E-state index contributed by atoms with van der Waals surface area (Å²) < 4.78 is 15.6. The number of hydrogen-bond acceptors (Lipinski definition) is 10. The number of nitriles is 1. The van der Waals surface area contributed by atoms with E-state index in [4.69, 9.17) is 25.8 Å². The van der Waals surface area contributed by atoms with Crippen molar-refractivity contribution in [3.05, 3.63) is 101 Å². The number of methoxy groups -OCH3 is 2. The van der Waals surface area contributed by atoms with E-state index in [1.54, 1.807) is 36.4 Å². The van der Waals surface area contributed by atoms with Crippen molar-refractivity contribution >= 4 is 52.6 Å². The summed E-state index contributed by atoms with van der Waals surface area (Å²) in [6, 6.07) is 22.8. The van der Waals surface area contributed by atoms with E-state index in [1.807, 2.05) is 6.07 Å². The molecule has 2 heterocycles. The maximum atomic E-state index is 13.4. The second kappa shape index (κ2) is 13.6. The molecule has 1 atom stereocenters. The van der Waals surface area contributed by atoms with E-state index >= 15 is 0 Å². The van der Waals surface area contributed by atoms with Crippen LogP contribution < -0.4 is 14.4 Å². The van der Waals surface area contributed by atoms with Crippen LogP contribution in [0.3, 0.4) is 0 Å². The van der Waals surface area contributed by atoms with Gasteiger partial charge in [0, 0.05) is 22.6 Å². The van der Waals surface area contributed by atoms with E-state index in [0.717, 1.165) is 16.7 Å². The van der Waals surface area contributed by atoms with Crippen molar-refractivity contribution < 1.29 is 33.4 Å². The Kier molecular flexibility index (Phi) is 9.47. The minimum absolute atomic E-state index is 0.103. The number of esters is 1. The molecule has 0 radical (unpaired) electrons. The number of Topliss-reactive ketones (excluding diaryl/α,β-unsaturated/α-hetero) is 1. The first-order chi connectivity index (χ1) is 21.7. The van der Waals surface area contributed by atoms with Crippen LogP contribution in [0.4, 0.5) is 5.69 Å². The van der Waals surface area contributed by atoms with Gasteiger partial charge in [0.2, 0.25) is 11.8 Å². The number of anilines is 1. The van der Waals surface area contributed by atoms with Crippen LogP contribution in [0.25, 0.3) is 11.3 Å². The second-order valence-electron chi connectivity index (χ2n) is 9.63. The minimum atomic E-state index is -0.814. The number of ketones is 1. The molecule has 1 aliphatic heterocycles. The zero-order valence-corrected chi connectivity index (χ0v) is 25.6. The predicted octanol–water partition coefficient (Wildman–Crippen LogP) is 5.75. The molecule has 5 rings (SSSR count). The number of imide groups is 1. The summed E-state index contributed by atoms with van der Waals surface area (Å²) in [7, 11) is 2.92. The quantitative estimate of drug-likeness (QED) is 0.119. The average molecular weight is 642 g/mol. The summed E-state index contributed by atoms with van der Waals surface area (Å²) in [5, 5.41) is 9.62. The number of hydrogen-bond donors (Lipinski definition) is 0. The van der Waals surface area contributed by atoms with Gasteiger partial charge < -0.3 is 14.2 Å². The maximum absolute atomic E-state index is 13.4. The number of nitrogens with zero attached hydrogens (tertiary/aromatic N) is 3. The normalized spacial score (nSPS) is 14.2. The number of halogens is 1. The third-order valence-corrected chi connectivity index (χ3v) is 8.41. The van der Waals surface area contributed by atoms with Crippen LogP contribution in [0.15, 0.2) is 83.9 Å². The van der Waals surface area contributed by atoms with E-state index in [1.165, 1.54) is 50.6 Å². The Balaban J connectivity index is 1.25. The number of thioether (sulfide) groups is 1. The average Bonchev–Trinajstić information content (AvgIpc) is 3.34. The number of ether oxygens (including phenoxy) is 3. The van der Waals surface area contributed by atoms with Gasteiger partial charge in [-0.1, -0.05) is 41.6 Å². The summed E-state index contributed by atoms with van der Waals surface area (Å²) in [4.78, 5) is 57.1. The fraction of sp³-hybridized carbons (Fsp3) is 0.152. The van der Waals surface area contributed by atoms with Gasteiger partial charge >= 0.3 is 5.97 Å². The van der Waals surface area contributed by atoms with Gasteiger partial charge in [0.05, 0.1) is 42.0 Å². The molecule has 45 heavy (non-hydrogen) atoms. The Morgan fingerprint density at radius 1 is 0.978 bits per heavy atom. The first kappa shape index (κ1) is 31.3. The third-order valence-electron chi connectivity index (χ3n) is 6.89. The van der Waals surface area contributed by atoms with Crippen molar-refractivity contribution in [1.82, 2.24) is 4.98 Å². The van der Waals surface area contributed by atoms with Crippen LogP contribution in [0.1, 0.15) is 32.7 Å². The number of carbonyl (C=O) groups is 4. The number of pyridine rings is 1. The summed E-state index contributed by atoms with van der Waals surface area (Å²) in [5.74, 6) is -1.29. The summed E-state index contributed by atoms with van der Waals surface area (Å²) in [6.07, 6.45) is -0.103. The van der Waals surface area contributed by atoms with Crippen molar-refractivity contribution in [2.24, 2.45) is 0 Å². The van der Waals surface area contributed by atoms with Gasteiger partial charge in [-0.15, -0.1) is 0 Å². The van der Waals surface area contributed by atoms with Crippen molar-refractivity contribution in [1.29, 1.82) is 5.26 Å². The molecule has 1 unspecified atom stereocenters. The molecule has 0 aliphatic carbocycles. The highest BCUT2D eigenvalue weighted by atomic mass is 35.5. The molecular weight excluding hydrogens is 618 g/mol. The molecule has 1 fully saturated rings. The Labute approximate surface area is 267 Å². The van der Waals surface area contributed by atoms with Gasteiger partial charge in [0.1, 0.15) is 11.1 Å². The molecule has 1 aliphatic rings. The zero-order valence-electron chi connectivity index (χ0n) is 24.0. The lowest BCUT2D eigenvalue weighted by molar-refractivity contribution is -0.121. The molecule has 2 amide bonds. The molecule has 1 saturated heterocycles. The Morgan fingerprint density at radius 2 is 1.69 bits per heavy atom. The van der Waals surface area contributed by atoms with Gasteiger partial charge in [-0.25, -0.2) is 14.7 Å².